The van der Waals surface area contributed by atoms with Gasteiger partial charge in [-0.25, -0.2) is 0 Å². The SMILES string of the molecule is COc1cccc(C(=O)N2CC(N(Cc3ccc(C)cc3)C3CC3)CC2C(=O)NCCN)c1. The molecule has 1 aliphatic heterocycles. The first-order valence-corrected chi connectivity index (χ1v) is 11.7. The Morgan fingerprint density at radius 1 is 1.15 bits per heavy atom. The van der Waals surface area contributed by atoms with E-state index < -0.39 is 6.04 Å². The van der Waals surface area contributed by atoms with Crippen LogP contribution in [0, 0.1) is 6.92 Å². The molecule has 4 rings (SSSR count). The number of ether oxygens (including phenoxy) is 1. The van der Waals surface area contributed by atoms with E-state index in [0.717, 1.165) is 19.4 Å². The summed E-state index contributed by atoms with van der Waals surface area (Å²) in [6.07, 6.45) is 2.95. The third-order valence-electron chi connectivity index (χ3n) is 6.57. The average molecular weight is 451 g/mol. The highest BCUT2D eigenvalue weighted by atomic mass is 16.5. The number of amides is 2. The van der Waals surface area contributed by atoms with Crippen molar-refractivity contribution in [2.75, 3.05) is 26.7 Å². The predicted molar refractivity (Wildman–Crippen MR) is 128 cm³/mol. The van der Waals surface area contributed by atoms with Gasteiger partial charge in [0, 0.05) is 43.8 Å². The Bertz CT molecular complexity index is 974. The second kappa shape index (κ2) is 10.4. The van der Waals surface area contributed by atoms with E-state index in [4.69, 9.17) is 10.5 Å². The minimum absolute atomic E-state index is 0.127. The maximum absolute atomic E-state index is 13.5. The monoisotopic (exact) mass is 450 g/mol. The number of nitrogens with one attached hydrogen (secondary N) is 1. The van der Waals surface area contributed by atoms with Crippen molar-refractivity contribution in [1.82, 2.24) is 15.1 Å². The zero-order chi connectivity index (χ0) is 23.4. The fourth-order valence-corrected chi connectivity index (χ4v) is 4.63. The number of carbonyl (C=O) groups excluding carboxylic acids is 2. The molecule has 0 spiro atoms. The molecular weight excluding hydrogens is 416 g/mol. The summed E-state index contributed by atoms with van der Waals surface area (Å²) in [6.45, 7) is 4.21. The molecule has 176 valence electrons. The lowest BCUT2D eigenvalue weighted by Gasteiger charge is -2.29. The van der Waals surface area contributed by atoms with Gasteiger partial charge < -0.3 is 20.7 Å². The Morgan fingerprint density at radius 2 is 1.91 bits per heavy atom. The van der Waals surface area contributed by atoms with Crippen molar-refractivity contribution in [2.24, 2.45) is 5.73 Å². The number of benzene rings is 2. The number of hydrogen-bond donors (Lipinski definition) is 2. The van der Waals surface area contributed by atoms with Crippen molar-refractivity contribution in [1.29, 1.82) is 0 Å². The third kappa shape index (κ3) is 5.54. The molecular formula is C26H34N4O3. The predicted octanol–water partition coefficient (Wildman–Crippen LogP) is 2.33. The fraction of sp³-hybridized carbons (Fsp3) is 0.462. The topological polar surface area (TPSA) is 87.9 Å². The van der Waals surface area contributed by atoms with Crippen molar-refractivity contribution < 1.29 is 14.3 Å². The Hall–Kier alpha value is -2.90. The first-order valence-electron chi connectivity index (χ1n) is 11.7. The summed E-state index contributed by atoms with van der Waals surface area (Å²) in [5, 5.41) is 2.89. The molecule has 3 N–H and O–H groups in total. The quantitative estimate of drug-likeness (QED) is 0.612. The van der Waals surface area contributed by atoms with Crippen LogP contribution in [-0.4, -0.2) is 66.5 Å². The largest absolute Gasteiger partial charge is 0.497 e. The zero-order valence-electron chi connectivity index (χ0n) is 19.5. The second-order valence-corrected chi connectivity index (χ2v) is 9.06. The van der Waals surface area contributed by atoms with Crippen LogP contribution in [0.4, 0.5) is 0 Å². The maximum Gasteiger partial charge on any atom is 0.254 e. The average Bonchev–Trinajstić information content (AvgIpc) is 3.59. The zero-order valence-corrected chi connectivity index (χ0v) is 19.5. The van der Waals surface area contributed by atoms with Crippen LogP contribution in [0.3, 0.4) is 0 Å². The van der Waals surface area contributed by atoms with Crippen LogP contribution < -0.4 is 15.8 Å². The van der Waals surface area contributed by atoms with E-state index in [1.54, 1.807) is 30.2 Å². The van der Waals surface area contributed by atoms with Gasteiger partial charge in [-0.15, -0.1) is 0 Å². The van der Waals surface area contributed by atoms with Crippen LogP contribution in [0.5, 0.6) is 5.75 Å². The molecule has 7 nitrogen and oxygen atoms in total. The van der Waals surface area contributed by atoms with Gasteiger partial charge in [0.25, 0.3) is 5.91 Å². The summed E-state index contributed by atoms with van der Waals surface area (Å²) in [5.74, 6) is 0.348. The lowest BCUT2D eigenvalue weighted by Crippen LogP contribution is -2.47. The maximum atomic E-state index is 13.5. The molecule has 2 aromatic rings. The molecule has 0 radical (unpaired) electrons. The van der Waals surface area contributed by atoms with Crippen LogP contribution in [0.25, 0.3) is 0 Å². The minimum Gasteiger partial charge on any atom is -0.497 e. The van der Waals surface area contributed by atoms with Gasteiger partial charge in [0.2, 0.25) is 5.91 Å². The molecule has 2 aromatic carbocycles. The molecule has 1 aliphatic carbocycles. The van der Waals surface area contributed by atoms with Crippen molar-refractivity contribution in [3.8, 4) is 5.75 Å². The molecule has 2 unspecified atom stereocenters. The summed E-state index contributed by atoms with van der Waals surface area (Å²) in [5.41, 5.74) is 8.62. The van der Waals surface area contributed by atoms with Gasteiger partial charge in [-0.3, -0.25) is 14.5 Å². The van der Waals surface area contributed by atoms with E-state index in [1.165, 1.54) is 11.1 Å². The Morgan fingerprint density at radius 3 is 2.58 bits per heavy atom. The highest BCUT2D eigenvalue weighted by Gasteiger charge is 2.45. The normalized spacial score (nSPS) is 20.2. The van der Waals surface area contributed by atoms with Crippen molar-refractivity contribution in [3.63, 3.8) is 0 Å². The molecule has 0 bridgehead atoms. The summed E-state index contributed by atoms with van der Waals surface area (Å²) in [6, 6.07) is 15.9. The van der Waals surface area contributed by atoms with E-state index in [9.17, 15) is 9.59 Å². The molecule has 2 aliphatic rings. The number of aryl methyl sites for hydroxylation is 1. The molecule has 2 amide bonds. The van der Waals surface area contributed by atoms with Gasteiger partial charge in [0.1, 0.15) is 11.8 Å². The number of rotatable bonds is 9. The van der Waals surface area contributed by atoms with E-state index in [0.29, 0.717) is 43.4 Å². The minimum atomic E-state index is -0.514. The van der Waals surface area contributed by atoms with Crippen LogP contribution in [0.1, 0.15) is 40.7 Å². The second-order valence-electron chi connectivity index (χ2n) is 9.06. The summed E-state index contributed by atoms with van der Waals surface area (Å²) >= 11 is 0. The van der Waals surface area contributed by atoms with Crippen molar-refractivity contribution in [2.45, 2.75) is 50.9 Å². The van der Waals surface area contributed by atoms with E-state index >= 15 is 0 Å². The van der Waals surface area contributed by atoms with Crippen LogP contribution in [0.2, 0.25) is 0 Å². The summed E-state index contributed by atoms with van der Waals surface area (Å²) < 4.78 is 5.30. The summed E-state index contributed by atoms with van der Waals surface area (Å²) in [4.78, 5) is 30.7. The Balaban J connectivity index is 1.57. The number of methoxy groups -OCH3 is 1. The molecule has 1 saturated carbocycles. The molecule has 1 saturated heterocycles. The lowest BCUT2D eigenvalue weighted by molar-refractivity contribution is -0.124. The molecule has 2 atom stereocenters. The van der Waals surface area contributed by atoms with Gasteiger partial charge in [-0.05, 0) is 49.9 Å². The van der Waals surface area contributed by atoms with Crippen LogP contribution in [0.15, 0.2) is 48.5 Å². The van der Waals surface area contributed by atoms with Gasteiger partial charge in [-0.2, -0.15) is 0 Å². The Kier molecular flexibility index (Phi) is 7.30. The summed E-state index contributed by atoms with van der Waals surface area (Å²) in [7, 11) is 1.58. The highest BCUT2D eigenvalue weighted by molar-refractivity contribution is 5.98. The molecule has 0 aromatic heterocycles. The third-order valence-corrected chi connectivity index (χ3v) is 6.57. The van der Waals surface area contributed by atoms with E-state index in [-0.39, 0.29) is 17.9 Å². The molecule has 7 heteroatoms. The van der Waals surface area contributed by atoms with Crippen molar-refractivity contribution >= 4 is 11.8 Å². The molecule has 33 heavy (non-hydrogen) atoms. The van der Waals surface area contributed by atoms with Crippen molar-refractivity contribution in [3.05, 3.63) is 65.2 Å². The number of likely N-dealkylation sites (tertiary alicyclic amines) is 1. The Labute approximate surface area is 195 Å². The smallest absolute Gasteiger partial charge is 0.254 e. The lowest BCUT2D eigenvalue weighted by atomic mass is 10.1. The molecule has 1 heterocycles. The standard InChI is InChI=1S/C26H34N4O3/c1-18-6-8-19(9-7-18)16-29(21-10-11-21)22-15-24(25(31)28-13-12-27)30(17-22)26(32)20-4-3-5-23(14-20)33-2/h3-9,14,21-22,24H,10-13,15-17,27H2,1-2H3,(H,28,31). The first-order chi connectivity index (χ1) is 16.0. The number of hydrogen-bond acceptors (Lipinski definition) is 5. The first kappa shape index (κ1) is 23.3. The van der Waals surface area contributed by atoms with Crippen LogP contribution >= 0.6 is 0 Å². The van der Waals surface area contributed by atoms with Gasteiger partial charge in [0.15, 0.2) is 0 Å². The van der Waals surface area contributed by atoms with Gasteiger partial charge >= 0.3 is 0 Å². The molecule has 2 fully saturated rings. The number of nitrogens with two attached hydrogens (primary N) is 1. The van der Waals surface area contributed by atoms with Gasteiger partial charge in [-0.1, -0.05) is 35.9 Å². The number of nitrogens with zero attached hydrogens (tertiary/aromatic N) is 2. The highest BCUT2D eigenvalue weighted by Crippen LogP contribution is 2.35. The van der Waals surface area contributed by atoms with E-state index in [2.05, 4.69) is 41.4 Å². The van der Waals surface area contributed by atoms with E-state index in [1.807, 2.05) is 6.07 Å². The number of carbonyl (C=O) groups is 2. The fourth-order valence-electron chi connectivity index (χ4n) is 4.63. The van der Waals surface area contributed by atoms with Gasteiger partial charge in [0.05, 0.1) is 7.11 Å². The van der Waals surface area contributed by atoms with Crippen LogP contribution in [-0.2, 0) is 11.3 Å².